The molecule has 1 rings (SSSR count). The molecule has 0 bridgehead atoms. The van der Waals surface area contributed by atoms with Crippen molar-refractivity contribution in [3.8, 4) is 0 Å². The van der Waals surface area contributed by atoms with E-state index in [0.29, 0.717) is 21.9 Å². The van der Waals surface area contributed by atoms with Gasteiger partial charge in [-0.2, -0.15) is 5.10 Å². The minimum absolute atomic E-state index is 0.162. The Balaban J connectivity index is 2.63. The van der Waals surface area contributed by atoms with Crippen LogP contribution in [0.2, 0.25) is 0 Å². The zero-order valence-corrected chi connectivity index (χ0v) is 11.2. The minimum Gasteiger partial charge on any atom is -0.266 e. The molecule has 0 saturated heterocycles. The second-order valence-electron chi connectivity index (χ2n) is 3.08. The van der Waals surface area contributed by atoms with Gasteiger partial charge in [0.1, 0.15) is 4.47 Å². The molecule has 0 N–H and O–H groups in total. The van der Waals surface area contributed by atoms with Gasteiger partial charge in [0.2, 0.25) is 0 Å². The first-order chi connectivity index (χ1) is 7.16. The lowest BCUT2D eigenvalue weighted by atomic mass is 10.2. The molecule has 1 heterocycles. The predicted octanol–water partition coefficient (Wildman–Crippen LogP) is 2.91. The summed E-state index contributed by atoms with van der Waals surface area (Å²) in [5, 5.41) is 3.97. The van der Waals surface area contributed by atoms with Gasteiger partial charge in [-0.1, -0.05) is 0 Å². The summed E-state index contributed by atoms with van der Waals surface area (Å²) in [5.74, 6) is 0. The Morgan fingerprint density at radius 3 is 2.73 bits per heavy atom. The van der Waals surface area contributed by atoms with Crippen LogP contribution in [-0.2, 0) is 6.54 Å². The van der Waals surface area contributed by atoms with Crippen LogP contribution >= 0.6 is 31.9 Å². The van der Waals surface area contributed by atoms with E-state index in [2.05, 4.69) is 37.0 Å². The first kappa shape index (κ1) is 12.8. The van der Waals surface area contributed by atoms with E-state index >= 15 is 0 Å². The Labute approximate surface area is 104 Å². The number of hydrogen-bond donors (Lipinski definition) is 0. The Morgan fingerprint density at radius 2 is 2.07 bits per heavy atom. The highest BCUT2D eigenvalue weighted by molar-refractivity contribution is 9.13. The number of aryl methyl sites for hydroxylation is 1. The lowest BCUT2D eigenvalue weighted by Gasteiger charge is -2.04. The Bertz CT molecular complexity index is 381. The number of hydrogen-bond acceptors (Lipinski definition) is 2. The van der Waals surface area contributed by atoms with Gasteiger partial charge < -0.3 is 0 Å². The van der Waals surface area contributed by atoms with Crippen LogP contribution in [0.25, 0.3) is 0 Å². The Hall–Kier alpha value is -0.230. The fourth-order valence-corrected chi connectivity index (χ4v) is 1.71. The van der Waals surface area contributed by atoms with Crippen LogP contribution in [0, 0.1) is 0 Å². The first-order valence-corrected chi connectivity index (χ1v) is 6.22. The summed E-state index contributed by atoms with van der Waals surface area (Å²) in [6.45, 7) is 0.233. The van der Waals surface area contributed by atoms with Gasteiger partial charge >= 0.3 is 0 Å². The summed E-state index contributed by atoms with van der Waals surface area (Å²) in [6, 6.07) is 0. The van der Waals surface area contributed by atoms with E-state index in [1.165, 1.54) is 4.68 Å². The van der Waals surface area contributed by atoms with Crippen LogP contribution < -0.4 is 5.56 Å². The van der Waals surface area contributed by atoms with Crippen molar-refractivity contribution in [2.24, 2.45) is 0 Å². The van der Waals surface area contributed by atoms with Crippen LogP contribution in [0.15, 0.2) is 19.9 Å². The van der Waals surface area contributed by atoms with E-state index in [1.807, 2.05) is 0 Å². The molecular weight excluding hydrogens is 331 g/mol. The van der Waals surface area contributed by atoms with Gasteiger partial charge in [0.05, 0.1) is 17.3 Å². The number of unbranched alkanes of at least 4 members (excludes halogenated alkanes) is 2. The summed E-state index contributed by atoms with van der Waals surface area (Å²) in [7, 11) is 0. The molecule has 0 radical (unpaired) electrons. The monoisotopic (exact) mass is 340 g/mol. The van der Waals surface area contributed by atoms with E-state index in [1.54, 1.807) is 6.20 Å². The lowest BCUT2D eigenvalue weighted by molar-refractivity contribution is 0.438. The average molecular weight is 342 g/mol. The molecule has 0 amide bonds. The van der Waals surface area contributed by atoms with Crippen molar-refractivity contribution in [2.45, 2.75) is 25.8 Å². The number of halogens is 3. The molecule has 0 unspecified atom stereocenters. The lowest BCUT2D eigenvalue weighted by Crippen LogP contribution is -2.23. The van der Waals surface area contributed by atoms with E-state index in [9.17, 15) is 9.18 Å². The maximum absolute atomic E-state index is 11.8. The SMILES string of the molecule is O=c1c(Br)c(Br)cnn1CCCCCF. The molecule has 3 nitrogen and oxygen atoms in total. The second kappa shape index (κ2) is 6.37. The van der Waals surface area contributed by atoms with Crippen LogP contribution in [0.1, 0.15) is 19.3 Å². The van der Waals surface area contributed by atoms with E-state index in [-0.39, 0.29) is 12.2 Å². The summed E-state index contributed by atoms with van der Waals surface area (Å²) < 4.78 is 14.3. The van der Waals surface area contributed by atoms with Gasteiger partial charge in [-0.25, -0.2) is 4.68 Å². The topological polar surface area (TPSA) is 34.9 Å². The van der Waals surface area contributed by atoms with E-state index in [0.717, 1.165) is 12.8 Å². The summed E-state index contributed by atoms with van der Waals surface area (Å²) >= 11 is 6.37. The van der Waals surface area contributed by atoms with Gasteiger partial charge in [-0.15, -0.1) is 0 Å². The van der Waals surface area contributed by atoms with Gasteiger partial charge in [-0.05, 0) is 51.1 Å². The van der Waals surface area contributed by atoms with Gasteiger partial charge in [0.25, 0.3) is 5.56 Å². The Morgan fingerprint density at radius 1 is 1.33 bits per heavy atom. The fourth-order valence-electron chi connectivity index (χ4n) is 1.14. The molecule has 1 aromatic rings. The van der Waals surface area contributed by atoms with Crippen molar-refractivity contribution < 1.29 is 4.39 Å². The van der Waals surface area contributed by atoms with Crippen LogP contribution in [-0.4, -0.2) is 16.5 Å². The van der Waals surface area contributed by atoms with Crippen molar-refractivity contribution in [1.29, 1.82) is 0 Å². The van der Waals surface area contributed by atoms with E-state index < -0.39 is 0 Å². The summed E-state index contributed by atoms with van der Waals surface area (Å²) in [6.07, 6.45) is 3.66. The van der Waals surface area contributed by atoms with E-state index in [4.69, 9.17) is 0 Å². The summed E-state index contributed by atoms with van der Waals surface area (Å²) in [4.78, 5) is 11.6. The Kier molecular flexibility index (Phi) is 5.45. The third-order valence-corrected chi connectivity index (χ3v) is 3.85. The van der Waals surface area contributed by atoms with Crippen molar-refractivity contribution in [3.63, 3.8) is 0 Å². The minimum atomic E-state index is -0.299. The maximum atomic E-state index is 11.8. The zero-order chi connectivity index (χ0) is 11.3. The standard InChI is InChI=1S/C9H11Br2FN2O/c10-7-6-13-14(9(15)8(7)11)5-3-1-2-4-12/h6H,1-5H2. The van der Waals surface area contributed by atoms with Gasteiger partial charge in [-0.3, -0.25) is 9.18 Å². The first-order valence-electron chi connectivity index (χ1n) is 4.64. The van der Waals surface area contributed by atoms with Crippen molar-refractivity contribution >= 4 is 31.9 Å². The molecular formula is C9H11Br2FN2O. The average Bonchev–Trinajstić information content (AvgIpc) is 2.24. The van der Waals surface area contributed by atoms with Crippen LogP contribution in [0.4, 0.5) is 4.39 Å². The van der Waals surface area contributed by atoms with Crippen molar-refractivity contribution in [3.05, 3.63) is 25.5 Å². The molecule has 6 heteroatoms. The highest BCUT2D eigenvalue weighted by atomic mass is 79.9. The third-order valence-electron chi connectivity index (χ3n) is 1.95. The fraction of sp³-hybridized carbons (Fsp3) is 0.556. The molecule has 1 aromatic heterocycles. The molecule has 0 fully saturated rings. The molecule has 0 aliphatic rings. The number of nitrogens with zero attached hydrogens (tertiary/aromatic N) is 2. The zero-order valence-electron chi connectivity index (χ0n) is 8.05. The molecule has 0 aliphatic carbocycles. The van der Waals surface area contributed by atoms with Gasteiger partial charge in [0, 0.05) is 6.54 Å². The van der Waals surface area contributed by atoms with Crippen LogP contribution in [0.5, 0.6) is 0 Å². The second-order valence-corrected chi connectivity index (χ2v) is 4.73. The number of alkyl halides is 1. The molecule has 0 aliphatic heterocycles. The predicted molar refractivity (Wildman–Crippen MR) is 63.7 cm³/mol. The number of rotatable bonds is 5. The molecule has 0 spiro atoms. The maximum Gasteiger partial charge on any atom is 0.282 e. The normalized spacial score (nSPS) is 10.6. The largest absolute Gasteiger partial charge is 0.282 e. The quantitative estimate of drug-likeness (QED) is 0.772. The highest BCUT2D eigenvalue weighted by Gasteiger charge is 2.05. The molecule has 0 saturated carbocycles. The van der Waals surface area contributed by atoms with Crippen molar-refractivity contribution in [2.75, 3.05) is 6.67 Å². The molecule has 0 aromatic carbocycles. The summed E-state index contributed by atoms with van der Waals surface area (Å²) in [5.41, 5.74) is -0.162. The highest BCUT2D eigenvalue weighted by Crippen LogP contribution is 2.16. The van der Waals surface area contributed by atoms with Crippen LogP contribution in [0.3, 0.4) is 0 Å². The third kappa shape index (κ3) is 3.68. The molecule has 84 valence electrons. The molecule has 15 heavy (non-hydrogen) atoms. The van der Waals surface area contributed by atoms with Crippen molar-refractivity contribution in [1.82, 2.24) is 9.78 Å². The smallest absolute Gasteiger partial charge is 0.266 e. The number of aromatic nitrogens is 2. The molecule has 0 atom stereocenters. The van der Waals surface area contributed by atoms with Gasteiger partial charge in [0.15, 0.2) is 0 Å².